The summed E-state index contributed by atoms with van der Waals surface area (Å²) >= 11 is 0. The van der Waals surface area contributed by atoms with Crippen molar-refractivity contribution in [2.45, 2.75) is 26.3 Å². The summed E-state index contributed by atoms with van der Waals surface area (Å²) < 4.78 is 0. The summed E-state index contributed by atoms with van der Waals surface area (Å²) in [6, 6.07) is 7.61. The number of nitrogen functional groups attached to an aromatic ring is 1. The zero-order valence-electron chi connectivity index (χ0n) is 10.7. The van der Waals surface area contributed by atoms with Crippen molar-refractivity contribution in [2.24, 2.45) is 0 Å². The Bertz CT molecular complexity index is 359. The lowest BCUT2D eigenvalue weighted by atomic mass is 10.2. The second-order valence-electron chi connectivity index (χ2n) is 4.49. The van der Waals surface area contributed by atoms with Gasteiger partial charge < -0.3 is 16.0 Å². The van der Waals surface area contributed by atoms with Crippen LogP contribution in [0.5, 0.6) is 0 Å². The van der Waals surface area contributed by atoms with E-state index in [-0.39, 0.29) is 5.91 Å². The number of hydrogen-bond donors (Lipinski definition) is 2. The SMILES string of the molecule is CC(C)N(C)CCC(=O)Nc1ccc(N)cc1. The van der Waals surface area contributed by atoms with Crippen molar-refractivity contribution in [3.8, 4) is 0 Å². The van der Waals surface area contributed by atoms with E-state index in [4.69, 9.17) is 5.73 Å². The molecule has 1 aromatic rings. The molecule has 3 N–H and O–H groups in total. The molecule has 4 nitrogen and oxygen atoms in total. The minimum atomic E-state index is 0.0299. The first-order valence-electron chi connectivity index (χ1n) is 5.84. The minimum Gasteiger partial charge on any atom is -0.399 e. The summed E-state index contributed by atoms with van der Waals surface area (Å²) in [5, 5.41) is 2.84. The first-order valence-corrected chi connectivity index (χ1v) is 5.84. The Morgan fingerprint density at radius 2 is 1.94 bits per heavy atom. The number of amides is 1. The number of carbonyl (C=O) groups is 1. The molecule has 0 bridgehead atoms. The summed E-state index contributed by atoms with van der Waals surface area (Å²) in [6.07, 6.45) is 0.499. The van der Waals surface area contributed by atoms with Crippen LogP contribution < -0.4 is 11.1 Å². The number of benzene rings is 1. The van der Waals surface area contributed by atoms with Crippen LogP contribution in [-0.2, 0) is 4.79 Å². The van der Waals surface area contributed by atoms with E-state index >= 15 is 0 Å². The van der Waals surface area contributed by atoms with Gasteiger partial charge >= 0.3 is 0 Å². The van der Waals surface area contributed by atoms with Gasteiger partial charge in [0.05, 0.1) is 0 Å². The van der Waals surface area contributed by atoms with Crippen molar-refractivity contribution in [1.29, 1.82) is 0 Å². The van der Waals surface area contributed by atoms with Gasteiger partial charge in [-0.2, -0.15) is 0 Å². The second kappa shape index (κ2) is 6.25. The molecule has 0 aliphatic heterocycles. The van der Waals surface area contributed by atoms with Crippen LogP contribution in [0, 0.1) is 0 Å². The molecular weight excluding hydrogens is 214 g/mol. The molecule has 0 radical (unpaired) electrons. The molecule has 1 aromatic carbocycles. The highest BCUT2D eigenvalue weighted by atomic mass is 16.1. The predicted molar refractivity (Wildman–Crippen MR) is 71.9 cm³/mol. The van der Waals surface area contributed by atoms with Crippen LogP contribution in [-0.4, -0.2) is 30.4 Å². The Kier molecular flexibility index (Phi) is 4.97. The van der Waals surface area contributed by atoms with Crippen LogP contribution in [0.1, 0.15) is 20.3 Å². The Morgan fingerprint density at radius 3 is 2.47 bits per heavy atom. The van der Waals surface area contributed by atoms with Gasteiger partial charge in [0.25, 0.3) is 0 Å². The van der Waals surface area contributed by atoms with Crippen molar-refractivity contribution in [1.82, 2.24) is 4.90 Å². The van der Waals surface area contributed by atoms with Crippen LogP contribution in [0.2, 0.25) is 0 Å². The molecule has 0 fully saturated rings. The maximum Gasteiger partial charge on any atom is 0.225 e. The van der Waals surface area contributed by atoms with E-state index in [2.05, 4.69) is 24.1 Å². The summed E-state index contributed by atoms with van der Waals surface area (Å²) in [5.74, 6) is 0.0299. The van der Waals surface area contributed by atoms with Crippen molar-refractivity contribution >= 4 is 17.3 Å². The average Bonchev–Trinajstić information content (AvgIpc) is 2.29. The van der Waals surface area contributed by atoms with Crippen LogP contribution in [0.15, 0.2) is 24.3 Å². The number of rotatable bonds is 5. The Balaban J connectivity index is 2.37. The maximum absolute atomic E-state index is 11.7. The molecule has 0 saturated carbocycles. The zero-order chi connectivity index (χ0) is 12.8. The lowest BCUT2D eigenvalue weighted by Gasteiger charge is -2.20. The summed E-state index contributed by atoms with van der Waals surface area (Å²) in [5.41, 5.74) is 7.05. The topological polar surface area (TPSA) is 58.4 Å². The highest BCUT2D eigenvalue weighted by molar-refractivity contribution is 5.90. The van der Waals surface area contributed by atoms with Gasteiger partial charge in [0.2, 0.25) is 5.91 Å². The number of nitrogens with two attached hydrogens (primary N) is 1. The minimum absolute atomic E-state index is 0.0299. The van der Waals surface area contributed by atoms with E-state index in [1.165, 1.54) is 0 Å². The van der Waals surface area contributed by atoms with Gasteiger partial charge in [-0.3, -0.25) is 4.79 Å². The van der Waals surface area contributed by atoms with Crippen molar-refractivity contribution in [2.75, 3.05) is 24.6 Å². The van der Waals surface area contributed by atoms with Gasteiger partial charge in [0.15, 0.2) is 0 Å². The number of anilines is 2. The molecule has 0 spiro atoms. The molecule has 0 saturated heterocycles. The highest BCUT2D eigenvalue weighted by Gasteiger charge is 2.07. The third kappa shape index (κ3) is 4.87. The number of nitrogens with zero attached hydrogens (tertiary/aromatic N) is 1. The lowest BCUT2D eigenvalue weighted by molar-refractivity contribution is -0.116. The summed E-state index contributed by atoms with van der Waals surface area (Å²) in [6.45, 7) is 4.98. The van der Waals surface area contributed by atoms with Crippen LogP contribution >= 0.6 is 0 Å². The van der Waals surface area contributed by atoms with E-state index in [9.17, 15) is 4.79 Å². The Morgan fingerprint density at radius 1 is 1.35 bits per heavy atom. The molecule has 0 heterocycles. The van der Waals surface area contributed by atoms with Gasteiger partial charge in [0.1, 0.15) is 0 Å². The first kappa shape index (κ1) is 13.5. The van der Waals surface area contributed by atoms with E-state index in [1.807, 2.05) is 7.05 Å². The maximum atomic E-state index is 11.7. The van der Waals surface area contributed by atoms with Gasteiger partial charge in [-0.1, -0.05) is 0 Å². The molecule has 0 atom stereocenters. The number of nitrogens with one attached hydrogen (secondary N) is 1. The molecule has 0 aliphatic carbocycles. The fourth-order valence-electron chi connectivity index (χ4n) is 1.33. The van der Waals surface area contributed by atoms with Crippen LogP contribution in [0.4, 0.5) is 11.4 Å². The van der Waals surface area contributed by atoms with Gasteiger partial charge in [-0.05, 0) is 45.2 Å². The van der Waals surface area contributed by atoms with E-state index in [0.717, 1.165) is 12.2 Å². The highest BCUT2D eigenvalue weighted by Crippen LogP contribution is 2.10. The van der Waals surface area contributed by atoms with Crippen LogP contribution in [0.3, 0.4) is 0 Å². The number of hydrogen-bond acceptors (Lipinski definition) is 3. The van der Waals surface area contributed by atoms with Crippen molar-refractivity contribution < 1.29 is 4.79 Å². The lowest BCUT2D eigenvalue weighted by Crippen LogP contribution is -2.29. The van der Waals surface area contributed by atoms with Crippen molar-refractivity contribution in [3.63, 3.8) is 0 Å². The van der Waals surface area contributed by atoms with Gasteiger partial charge in [-0.15, -0.1) is 0 Å². The Labute approximate surface area is 103 Å². The van der Waals surface area contributed by atoms with Gasteiger partial charge in [0, 0.05) is 30.4 Å². The third-order valence-corrected chi connectivity index (χ3v) is 2.77. The predicted octanol–water partition coefficient (Wildman–Crippen LogP) is 1.94. The molecule has 94 valence electrons. The quantitative estimate of drug-likeness (QED) is 0.767. The smallest absolute Gasteiger partial charge is 0.225 e. The second-order valence-corrected chi connectivity index (χ2v) is 4.49. The van der Waals surface area contributed by atoms with Gasteiger partial charge in [-0.25, -0.2) is 0 Å². The monoisotopic (exact) mass is 235 g/mol. The largest absolute Gasteiger partial charge is 0.399 e. The summed E-state index contributed by atoms with van der Waals surface area (Å²) in [4.78, 5) is 13.8. The van der Waals surface area contributed by atoms with E-state index in [1.54, 1.807) is 24.3 Å². The molecule has 4 heteroatoms. The average molecular weight is 235 g/mol. The van der Waals surface area contributed by atoms with E-state index < -0.39 is 0 Å². The zero-order valence-corrected chi connectivity index (χ0v) is 10.7. The molecule has 17 heavy (non-hydrogen) atoms. The molecule has 0 aliphatic rings. The summed E-state index contributed by atoms with van der Waals surface area (Å²) in [7, 11) is 2.02. The van der Waals surface area contributed by atoms with Crippen LogP contribution in [0.25, 0.3) is 0 Å². The molecule has 0 aromatic heterocycles. The molecule has 0 unspecified atom stereocenters. The normalized spacial score (nSPS) is 10.9. The van der Waals surface area contributed by atoms with Crippen molar-refractivity contribution in [3.05, 3.63) is 24.3 Å². The first-order chi connectivity index (χ1) is 7.99. The number of carbonyl (C=O) groups excluding carboxylic acids is 1. The molecular formula is C13H21N3O. The fourth-order valence-corrected chi connectivity index (χ4v) is 1.33. The molecule has 1 rings (SSSR count). The fraction of sp³-hybridized carbons (Fsp3) is 0.462. The van der Waals surface area contributed by atoms with E-state index in [0.29, 0.717) is 18.2 Å². The molecule has 1 amide bonds. The third-order valence-electron chi connectivity index (χ3n) is 2.77. The standard InChI is InChI=1S/C13H21N3O/c1-10(2)16(3)9-8-13(17)15-12-6-4-11(14)5-7-12/h4-7,10H,8-9,14H2,1-3H3,(H,15,17). The Hall–Kier alpha value is -1.55.